The van der Waals surface area contributed by atoms with Gasteiger partial charge in [-0.1, -0.05) is 17.7 Å². The van der Waals surface area contributed by atoms with E-state index in [1.54, 1.807) is 12.2 Å². The van der Waals surface area contributed by atoms with E-state index in [1.807, 2.05) is 13.8 Å². The van der Waals surface area contributed by atoms with Gasteiger partial charge < -0.3 is 10.2 Å². The van der Waals surface area contributed by atoms with Gasteiger partial charge in [-0.05, 0) is 19.4 Å². The Labute approximate surface area is 61.5 Å². The molecule has 0 bridgehead atoms. The van der Waals surface area contributed by atoms with Crippen LogP contribution >= 0.6 is 0 Å². The van der Waals surface area contributed by atoms with Crippen molar-refractivity contribution in [1.82, 2.24) is 0 Å². The fourth-order valence-corrected chi connectivity index (χ4v) is 0.496. The first-order chi connectivity index (χ1) is 4.72. The highest BCUT2D eigenvalue weighted by molar-refractivity contribution is 5.22. The van der Waals surface area contributed by atoms with Crippen LogP contribution in [-0.4, -0.2) is 23.4 Å². The molecule has 0 aliphatic heterocycles. The third-order valence-corrected chi connectivity index (χ3v) is 1.38. The van der Waals surface area contributed by atoms with Crippen LogP contribution in [0.2, 0.25) is 0 Å². The van der Waals surface area contributed by atoms with Gasteiger partial charge in [0.05, 0.1) is 13.2 Å². The average molecular weight is 142 g/mol. The van der Waals surface area contributed by atoms with Crippen molar-refractivity contribution in [1.29, 1.82) is 0 Å². The molecule has 10 heavy (non-hydrogen) atoms. The maximum Gasteiger partial charge on any atom is 0.0644 e. The van der Waals surface area contributed by atoms with E-state index in [9.17, 15) is 0 Å². The normalized spacial score (nSPS) is 14.0. The lowest BCUT2D eigenvalue weighted by Gasteiger charge is -1.97. The molecule has 0 aliphatic rings. The third-order valence-electron chi connectivity index (χ3n) is 1.38. The number of aliphatic hydroxyl groups excluding tert-OH is 2. The Morgan fingerprint density at radius 1 is 1.30 bits per heavy atom. The summed E-state index contributed by atoms with van der Waals surface area (Å²) in [6.45, 7) is 3.90. The lowest BCUT2D eigenvalue weighted by atomic mass is 10.1. The number of hydrogen-bond donors (Lipinski definition) is 2. The van der Waals surface area contributed by atoms with Crippen molar-refractivity contribution in [3.05, 3.63) is 23.3 Å². The van der Waals surface area contributed by atoms with E-state index in [4.69, 9.17) is 10.2 Å². The SMILES string of the molecule is CC(C=CCO)=C(C)CO. The maximum absolute atomic E-state index is 8.65. The van der Waals surface area contributed by atoms with Crippen molar-refractivity contribution in [2.45, 2.75) is 13.8 Å². The maximum atomic E-state index is 8.65. The van der Waals surface area contributed by atoms with Crippen LogP contribution in [0.4, 0.5) is 0 Å². The quantitative estimate of drug-likeness (QED) is 0.574. The van der Waals surface area contributed by atoms with E-state index in [0.717, 1.165) is 11.1 Å². The van der Waals surface area contributed by atoms with Gasteiger partial charge in [0.2, 0.25) is 0 Å². The number of aliphatic hydroxyl groups is 2. The molecule has 0 aromatic heterocycles. The third kappa shape index (κ3) is 3.43. The summed E-state index contributed by atoms with van der Waals surface area (Å²) in [6, 6.07) is 0. The largest absolute Gasteiger partial charge is 0.392 e. The number of hydrogen-bond acceptors (Lipinski definition) is 2. The highest BCUT2D eigenvalue weighted by Crippen LogP contribution is 2.02. The Bertz CT molecular complexity index is 145. The van der Waals surface area contributed by atoms with E-state index in [-0.39, 0.29) is 13.2 Å². The summed E-state index contributed by atoms with van der Waals surface area (Å²) in [4.78, 5) is 0. The van der Waals surface area contributed by atoms with Gasteiger partial charge in [-0.25, -0.2) is 0 Å². The van der Waals surface area contributed by atoms with Crippen LogP contribution in [0, 0.1) is 0 Å². The fourth-order valence-electron chi connectivity index (χ4n) is 0.496. The molecule has 2 N–H and O–H groups in total. The summed E-state index contributed by atoms with van der Waals surface area (Å²) in [6.07, 6.45) is 3.44. The molecule has 0 aromatic carbocycles. The molecule has 0 spiro atoms. The summed E-state index contributed by atoms with van der Waals surface area (Å²) < 4.78 is 0. The molecule has 2 nitrogen and oxygen atoms in total. The Morgan fingerprint density at radius 2 is 1.90 bits per heavy atom. The van der Waals surface area contributed by atoms with Gasteiger partial charge in [0.1, 0.15) is 0 Å². The Morgan fingerprint density at radius 3 is 2.30 bits per heavy atom. The molecule has 0 aliphatic carbocycles. The summed E-state index contributed by atoms with van der Waals surface area (Å²) in [5.74, 6) is 0. The minimum atomic E-state index is 0.0516. The van der Waals surface area contributed by atoms with Crippen LogP contribution in [0.15, 0.2) is 23.3 Å². The Hall–Kier alpha value is -0.600. The second-order valence-electron chi connectivity index (χ2n) is 2.21. The molecule has 0 radical (unpaired) electrons. The van der Waals surface area contributed by atoms with E-state index in [1.165, 1.54) is 0 Å². The zero-order valence-electron chi connectivity index (χ0n) is 6.46. The van der Waals surface area contributed by atoms with Gasteiger partial charge in [-0.2, -0.15) is 0 Å². The smallest absolute Gasteiger partial charge is 0.0644 e. The Balaban J connectivity index is 4.04. The molecule has 0 fully saturated rings. The molecule has 0 heterocycles. The minimum Gasteiger partial charge on any atom is -0.392 e. The highest BCUT2D eigenvalue weighted by atomic mass is 16.3. The zero-order valence-corrected chi connectivity index (χ0v) is 6.46. The molecule has 0 amide bonds. The molecule has 0 saturated carbocycles. The van der Waals surface area contributed by atoms with Crippen molar-refractivity contribution in [3.8, 4) is 0 Å². The van der Waals surface area contributed by atoms with Gasteiger partial charge in [0, 0.05) is 0 Å². The van der Waals surface area contributed by atoms with Crippen LogP contribution < -0.4 is 0 Å². The van der Waals surface area contributed by atoms with Gasteiger partial charge >= 0.3 is 0 Å². The summed E-state index contributed by atoms with van der Waals surface area (Å²) in [7, 11) is 0. The zero-order chi connectivity index (χ0) is 7.98. The molecular formula is C8H14O2. The molecule has 0 saturated heterocycles. The minimum absolute atomic E-state index is 0.0516. The van der Waals surface area contributed by atoms with E-state index in [2.05, 4.69) is 0 Å². The summed E-state index contributed by atoms with van der Waals surface area (Å²) in [5, 5.41) is 17.0. The standard InChI is InChI=1S/C8H14O2/c1-7(4-3-5-9)8(2)6-10/h3-4,9-10H,5-6H2,1-2H3. The van der Waals surface area contributed by atoms with Crippen LogP contribution in [0.25, 0.3) is 0 Å². The highest BCUT2D eigenvalue weighted by Gasteiger charge is 1.88. The second kappa shape index (κ2) is 5.21. The van der Waals surface area contributed by atoms with Gasteiger partial charge in [0.15, 0.2) is 0 Å². The first kappa shape index (κ1) is 9.40. The van der Waals surface area contributed by atoms with E-state index >= 15 is 0 Å². The van der Waals surface area contributed by atoms with E-state index < -0.39 is 0 Å². The predicted octanol–water partition coefficient (Wildman–Crippen LogP) is 0.864. The van der Waals surface area contributed by atoms with Crippen LogP contribution in [0.5, 0.6) is 0 Å². The first-order valence-corrected chi connectivity index (χ1v) is 3.27. The molecular weight excluding hydrogens is 128 g/mol. The van der Waals surface area contributed by atoms with Gasteiger partial charge in [0.25, 0.3) is 0 Å². The lowest BCUT2D eigenvalue weighted by Crippen LogP contribution is -1.87. The summed E-state index contributed by atoms with van der Waals surface area (Å²) in [5.41, 5.74) is 1.95. The predicted molar refractivity (Wildman–Crippen MR) is 41.7 cm³/mol. The van der Waals surface area contributed by atoms with Crippen LogP contribution in [0.1, 0.15) is 13.8 Å². The topological polar surface area (TPSA) is 40.5 Å². The van der Waals surface area contributed by atoms with Crippen LogP contribution in [0.3, 0.4) is 0 Å². The monoisotopic (exact) mass is 142 g/mol. The first-order valence-electron chi connectivity index (χ1n) is 3.27. The fraction of sp³-hybridized carbons (Fsp3) is 0.500. The number of rotatable bonds is 3. The molecule has 0 atom stereocenters. The van der Waals surface area contributed by atoms with E-state index in [0.29, 0.717) is 0 Å². The van der Waals surface area contributed by atoms with Crippen molar-refractivity contribution in [2.75, 3.05) is 13.2 Å². The number of allylic oxidation sites excluding steroid dienone is 2. The molecule has 2 heteroatoms. The summed E-state index contributed by atoms with van der Waals surface area (Å²) >= 11 is 0. The van der Waals surface area contributed by atoms with Gasteiger partial charge in [-0.3, -0.25) is 0 Å². The van der Waals surface area contributed by atoms with Crippen molar-refractivity contribution < 1.29 is 10.2 Å². The average Bonchev–Trinajstić information content (AvgIpc) is 1.98. The van der Waals surface area contributed by atoms with Gasteiger partial charge in [-0.15, -0.1) is 0 Å². The van der Waals surface area contributed by atoms with Crippen molar-refractivity contribution in [3.63, 3.8) is 0 Å². The molecule has 0 rings (SSSR count). The lowest BCUT2D eigenvalue weighted by molar-refractivity contribution is 0.330. The van der Waals surface area contributed by atoms with Crippen molar-refractivity contribution >= 4 is 0 Å². The Kier molecular flexibility index (Phi) is 4.89. The van der Waals surface area contributed by atoms with Crippen LogP contribution in [-0.2, 0) is 0 Å². The molecule has 0 aromatic rings. The second-order valence-corrected chi connectivity index (χ2v) is 2.21. The molecule has 58 valence electrons. The van der Waals surface area contributed by atoms with Crippen molar-refractivity contribution in [2.24, 2.45) is 0 Å². The molecule has 0 unspecified atom stereocenters.